The summed E-state index contributed by atoms with van der Waals surface area (Å²) >= 11 is 1.40. The van der Waals surface area contributed by atoms with Crippen LogP contribution in [0.4, 0.5) is 4.39 Å². The Morgan fingerprint density at radius 1 is 1.12 bits per heavy atom. The summed E-state index contributed by atoms with van der Waals surface area (Å²) in [4.78, 5) is 0. The lowest BCUT2D eigenvalue weighted by Gasteiger charge is -2.11. The Labute approximate surface area is 148 Å². The maximum atomic E-state index is 13.3. The molecule has 1 atom stereocenters. The van der Waals surface area contributed by atoms with Crippen molar-refractivity contribution >= 4 is 28.3 Å². The van der Waals surface area contributed by atoms with E-state index in [9.17, 15) is 9.50 Å². The molecule has 0 aliphatic carbocycles. The Hall–Kier alpha value is -2.44. The number of aromatic nitrogens is 3. The molecular weight excluding hydrogens is 337 g/mol. The molecule has 1 N–H and O–H groups in total. The third-order valence-electron chi connectivity index (χ3n) is 4.18. The first-order chi connectivity index (χ1) is 12.1. The minimum absolute atomic E-state index is 0.351. The van der Waals surface area contributed by atoms with Gasteiger partial charge in [0.05, 0.1) is 11.6 Å². The van der Waals surface area contributed by atoms with Gasteiger partial charge in [0.15, 0.2) is 10.8 Å². The van der Waals surface area contributed by atoms with E-state index < -0.39 is 6.10 Å². The molecule has 126 valence electrons. The van der Waals surface area contributed by atoms with Gasteiger partial charge in [-0.25, -0.2) is 4.39 Å². The minimum Gasteiger partial charge on any atom is -0.388 e. The van der Waals surface area contributed by atoms with Gasteiger partial charge in [0.2, 0.25) is 0 Å². The molecule has 2 heterocycles. The largest absolute Gasteiger partial charge is 0.388 e. The third kappa shape index (κ3) is 2.99. The van der Waals surface area contributed by atoms with Gasteiger partial charge in [-0.2, -0.15) is 0 Å². The lowest BCUT2D eigenvalue weighted by atomic mass is 10.1. The Balaban J connectivity index is 1.67. The monoisotopic (exact) mass is 353 g/mol. The normalized spacial score (nSPS) is 12.8. The highest BCUT2D eigenvalue weighted by molar-refractivity contribution is 7.99. The number of fused-ring (bicyclic) bond motifs is 3. The molecule has 25 heavy (non-hydrogen) atoms. The van der Waals surface area contributed by atoms with Gasteiger partial charge < -0.3 is 5.11 Å². The zero-order valence-corrected chi connectivity index (χ0v) is 14.4. The predicted octanol–water partition coefficient (Wildman–Crippen LogP) is 4.16. The molecule has 0 bridgehead atoms. The van der Waals surface area contributed by atoms with Gasteiger partial charge >= 0.3 is 0 Å². The third-order valence-corrected chi connectivity index (χ3v) is 5.18. The van der Waals surface area contributed by atoms with Crippen LogP contribution in [0.15, 0.2) is 59.8 Å². The van der Waals surface area contributed by atoms with Crippen molar-refractivity contribution < 1.29 is 9.50 Å². The molecule has 0 saturated carbocycles. The first-order valence-corrected chi connectivity index (χ1v) is 8.92. The molecule has 4 aromatic rings. The summed E-state index contributed by atoms with van der Waals surface area (Å²) in [6.07, 6.45) is -0.773. The highest BCUT2D eigenvalue weighted by atomic mass is 32.2. The lowest BCUT2D eigenvalue weighted by Crippen LogP contribution is -2.02. The Morgan fingerprint density at radius 2 is 1.96 bits per heavy atom. The van der Waals surface area contributed by atoms with Gasteiger partial charge in [-0.05, 0) is 42.3 Å². The smallest absolute Gasteiger partial charge is 0.196 e. The molecule has 0 aliphatic heterocycles. The molecule has 0 spiro atoms. The van der Waals surface area contributed by atoms with Gasteiger partial charge in [0, 0.05) is 11.1 Å². The van der Waals surface area contributed by atoms with Crippen LogP contribution in [0.3, 0.4) is 0 Å². The second-order valence-electron chi connectivity index (χ2n) is 5.90. The molecule has 0 fully saturated rings. The summed E-state index contributed by atoms with van der Waals surface area (Å²) in [5, 5.41) is 20.7. The predicted molar refractivity (Wildman–Crippen MR) is 97.3 cm³/mol. The van der Waals surface area contributed by atoms with E-state index in [1.54, 1.807) is 12.1 Å². The van der Waals surface area contributed by atoms with Crippen LogP contribution in [0.1, 0.15) is 17.2 Å². The van der Waals surface area contributed by atoms with Crippen LogP contribution in [0, 0.1) is 12.7 Å². The first kappa shape index (κ1) is 16.1. The number of hydrogen-bond donors (Lipinski definition) is 1. The number of halogens is 1. The molecular formula is C19H16FN3OS. The Bertz CT molecular complexity index is 1060. The summed E-state index contributed by atoms with van der Waals surface area (Å²) in [7, 11) is 0. The summed E-state index contributed by atoms with van der Waals surface area (Å²) < 4.78 is 15.3. The molecule has 0 aliphatic rings. The number of thioether (sulfide) groups is 1. The first-order valence-electron chi connectivity index (χ1n) is 7.93. The van der Waals surface area contributed by atoms with Crippen LogP contribution >= 0.6 is 11.8 Å². The summed E-state index contributed by atoms with van der Waals surface area (Å²) in [6, 6.07) is 16.1. The van der Waals surface area contributed by atoms with E-state index in [0.29, 0.717) is 16.5 Å². The molecule has 6 heteroatoms. The van der Waals surface area contributed by atoms with Crippen molar-refractivity contribution in [2.45, 2.75) is 18.2 Å². The molecule has 0 unspecified atom stereocenters. The fraction of sp³-hybridized carbons (Fsp3) is 0.158. The fourth-order valence-corrected chi connectivity index (χ4v) is 3.85. The molecule has 0 radical (unpaired) electrons. The maximum Gasteiger partial charge on any atom is 0.196 e. The molecule has 4 rings (SSSR count). The number of aliphatic hydroxyl groups is 1. The molecule has 0 amide bonds. The van der Waals surface area contributed by atoms with Crippen molar-refractivity contribution in [3.05, 3.63) is 71.5 Å². The number of hydrogen-bond acceptors (Lipinski definition) is 4. The molecule has 0 saturated heterocycles. The van der Waals surface area contributed by atoms with E-state index in [4.69, 9.17) is 0 Å². The number of benzene rings is 2. The standard InChI is InChI=1S/C19H16FN3OS/c1-12-9-18-21-22-19(23(18)16-8-3-2-7-15(12)16)25-11-17(24)13-5-4-6-14(20)10-13/h2-10,17,24H,11H2,1H3/t17-/m0/s1. The van der Waals surface area contributed by atoms with Crippen LogP contribution in [-0.4, -0.2) is 25.5 Å². The van der Waals surface area contributed by atoms with Crippen LogP contribution in [0.5, 0.6) is 0 Å². The van der Waals surface area contributed by atoms with Crippen molar-refractivity contribution in [2.24, 2.45) is 0 Å². The van der Waals surface area contributed by atoms with Crippen molar-refractivity contribution in [3.63, 3.8) is 0 Å². The van der Waals surface area contributed by atoms with Gasteiger partial charge in [-0.15, -0.1) is 10.2 Å². The number of para-hydroxylation sites is 1. The van der Waals surface area contributed by atoms with Crippen molar-refractivity contribution in [1.82, 2.24) is 14.6 Å². The van der Waals surface area contributed by atoms with E-state index >= 15 is 0 Å². The lowest BCUT2D eigenvalue weighted by molar-refractivity contribution is 0.203. The average molecular weight is 353 g/mol. The maximum absolute atomic E-state index is 13.3. The second kappa shape index (κ2) is 6.46. The summed E-state index contributed by atoms with van der Waals surface area (Å²) in [6.45, 7) is 2.05. The van der Waals surface area contributed by atoms with Gasteiger partial charge in [0.1, 0.15) is 5.82 Å². The number of aryl methyl sites for hydroxylation is 1. The summed E-state index contributed by atoms with van der Waals surface area (Å²) in [5.74, 6) is 0.0165. The zero-order chi connectivity index (χ0) is 17.4. The quantitative estimate of drug-likeness (QED) is 0.560. The van der Waals surface area contributed by atoms with Gasteiger partial charge in [-0.3, -0.25) is 4.40 Å². The van der Waals surface area contributed by atoms with E-state index in [1.807, 2.05) is 28.7 Å². The number of pyridine rings is 1. The van der Waals surface area contributed by atoms with E-state index in [2.05, 4.69) is 23.2 Å². The van der Waals surface area contributed by atoms with Crippen molar-refractivity contribution in [3.8, 4) is 0 Å². The minimum atomic E-state index is -0.773. The number of aliphatic hydroxyl groups excluding tert-OH is 1. The summed E-state index contributed by atoms with van der Waals surface area (Å²) in [5.41, 5.74) is 3.51. The number of nitrogens with zero attached hydrogens (tertiary/aromatic N) is 3. The highest BCUT2D eigenvalue weighted by Crippen LogP contribution is 2.28. The SMILES string of the molecule is Cc1cc2nnc(SC[C@H](O)c3cccc(F)c3)n2c2ccccc12. The molecule has 4 nitrogen and oxygen atoms in total. The van der Waals surface area contributed by atoms with E-state index in [0.717, 1.165) is 22.1 Å². The van der Waals surface area contributed by atoms with Crippen LogP contribution in [0.2, 0.25) is 0 Å². The van der Waals surface area contributed by atoms with Crippen molar-refractivity contribution in [1.29, 1.82) is 0 Å². The van der Waals surface area contributed by atoms with Crippen molar-refractivity contribution in [2.75, 3.05) is 5.75 Å². The second-order valence-corrected chi connectivity index (χ2v) is 6.89. The number of rotatable bonds is 4. The van der Waals surface area contributed by atoms with Gasteiger partial charge in [-0.1, -0.05) is 42.1 Å². The van der Waals surface area contributed by atoms with E-state index in [-0.39, 0.29) is 5.82 Å². The van der Waals surface area contributed by atoms with E-state index in [1.165, 1.54) is 23.9 Å². The topological polar surface area (TPSA) is 50.4 Å². The van der Waals surface area contributed by atoms with Crippen LogP contribution in [-0.2, 0) is 0 Å². The van der Waals surface area contributed by atoms with Gasteiger partial charge in [0.25, 0.3) is 0 Å². The van der Waals surface area contributed by atoms with Crippen LogP contribution in [0.25, 0.3) is 16.6 Å². The fourth-order valence-electron chi connectivity index (χ4n) is 2.93. The molecule has 2 aromatic carbocycles. The highest BCUT2D eigenvalue weighted by Gasteiger charge is 2.14. The Kier molecular flexibility index (Phi) is 4.15. The zero-order valence-electron chi connectivity index (χ0n) is 13.6. The average Bonchev–Trinajstić information content (AvgIpc) is 3.03. The Morgan fingerprint density at radius 3 is 2.80 bits per heavy atom. The van der Waals surface area contributed by atoms with Crippen LogP contribution < -0.4 is 0 Å². The molecule has 2 aromatic heterocycles.